The number of anilines is 1. The number of nitrogens with zero attached hydrogens (tertiary/aromatic N) is 2. The number of aliphatic imine (C=N–C) groups is 1. The van der Waals surface area contributed by atoms with Crippen molar-refractivity contribution in [2.75, 3.05) is 19.1 Å². The third-order valence-corrected chi connectivity index (χ3v) is 6.03. The van der Waals surface area contributed by atoms with Gasteiger partial charge in [0.15, 0.2) is 16.7 Å². The lowest BCUT2D eigenvalue weighted by molar-refractivity contribution is -0.117. The van der Waals surface area contributed by atoms with Gasteiger partial charge in [-0.15, -0.1) is 0 Å². The van der Waals surface area contributed by atoms with Gasteiger partial charge in [0.25, 0.3) is 0 Å². The van der Waals surface area contributed by atoms with Crippen molar-refractivity contribution in [3.8, 4) is 11.5 Å². The van der Waals surface area contributed by atoms with Crippen LogP contribution in [0.5, 0.6) is 11.5 Å². The highest BCUT2D eigenvalue weighted by molar-refractivity contribution is 8.14. The average molecular weight is 419 g/mol. The molecule has 0 aromatic heterocycles. The molecule has 1 aliphatic heterocycles. The number of benzene rings is 3. The van der Waals surface area contributed by atoms with Crippen molar-refractivity contribution in [1.29, 1.82) is 0 Å². The summed E-state index contributed by atoms with van der Waals surface area (Å²) >= 11 is 1.58. The zero-order valence-electron chi connectivity index (χ0n) is 16.8. The summed E-state index contributed by atoms with van der Waals surface area (Å²) in [6.07, 6.45) is 0.364. The van der Waals surface area contributed by atoms with Crippen molar-refractivity contribution in [3.05, 3.63) is 84.4 Å². The molecule has 5 nitrogen and oxygen atoms in total. The van der Waals surface area contributed by atoms with E-state index in [-0.39, 0.29) is 11.2 Å². The van der Waals surface area contributed by atoms with Gasteiger partial charge in [0.05, 0.1) is 25.6 Å². The van der Waals surface area contributed by atoms with Gasteiger partial charge < -0.3 is 9.47 Å². The molecule has 0 N–H and O–H groups in total. The fourth-order valence-corrected chi connectivity index (χ4v) is 4.57. The molecule has 0 spiro atoms. The lowest BCUT2D eigenvalue weighted by Crippen LogP contribution is -2.40. The van der Waals surface area contributed by atoms with E-state index in [2.05, 4.69) is 0 Å². The first-order valence-corrected chi connectivity index (χ1v) is 10.5. The van der Waals surface area contributed by atoms with E-state index in [1.54, 1.807) is 30.9 Å². The number of rotatable bonds is 5. The van der Waals surface area contributed by atoms with Gasteiger partial charge in [-0.05, 0) is 42.0 Å². The fraction of sp³-hybridized carbons (Fsp3) is 0.167. The van der Waals surface area contributed by atoms with Crippen LogP contribution in [0.15, 0.2) is 83.9 Å². The lowest BCUT2D eigenvalue weighted by atomic mass is 10.1. The normalized spacial score (nSPS) is 17.8. The SMILES string of the molecule is COc1ccc(C2CC(=O)N(c3ccccc3)C(=Nc3ccccc3)S2)cc1OC. The van der Waals surface area contributed by atoms with Gasteiger partial charge in [-0.25, -0.2) is 4.99 Å². The van der Waals surface area contributed by atoms with Crippen LogP contribution in [0.2, 0.25) is 0 Å². The standard InChI is InChI=1S/C24H22N2O3S/c1-28-20-14-13-17(15-21(20)29-2)22-16-23(27)26(19-11-7-4-8-12-19)24(30-22)25-18-9-5-3-6-10-18/h3-15,22H,16H2,1-2H3. The Hall–Kier alpha value is -3.25. The second-order valence-corrected chi connectivity index (χ2v) is 7.89. The first kappa shape index (κ1) is 20.0. The summed E-state index contributed by atoms with van der Waals surface area (Å²) in [5, 5.41) is 0.586. The van der Waals surface area contributed by atoms with Crippen molar-refractivity contribution in [2.24, 2.45) is 4.99 Å². The highest BCUT2D eigenvalue weighted by atomic mass is 32.2. The van der Waals surface area contributed by atoms with Crippen molar-refractivity contribution in [3.63, 3.8) is 0 Å². The van der Waals surface area contributed by atoms with Crippen molar-refractivity contribution >= 4 is 34.2 Å². The zero-order chi connectivity index (χ0) is 20.9. The van der Waals surface area contributed by atoms with Gasteiger partial charge in [0.1, 0.15) is 0 Å². The van der Waals surface area contributed by atoms with Crippen LogP contribution in [-0.2, 0) is 4.79 Å². The summed E-state index contributed by atoms with van der Waals surface area (Å²) in [4.78, 5) is 19.7. The molecule has 0 aliphatic carbocycles. The van der Waals surface area contributed by atoms with E-state index in [0.29, 0.717) is 23.1 Å². The van der Waals surface area contributed by atoms with E-state index in [4.69, 9.17) is 14.5 Å². The van der Waals surface area contributed by atoms with Gasteiger partial charge in [-0.2, -0.15) is 0 Å². The van der Waals surface area contributed by atoms with E-state index in [9.17, 15) is 4.79 Å². The van der Waals surface area contributed by atoms with Gasteiger partial charge in [-0.1, -0.05) is 54.2 Å². The summed E-state index contributed by atoms with van der Waals surface area (Å²) in [6, 6.07) is 25.1. The Morgan fingerprint density at radius 1 is 0.900 bits per heavy atom. The molecule has 1 fully saturated rings. The number of thioether (sulfide) groups is 1. The van der Waals surface area contributed by atoms with Crippen LogP contribution in [0.25, 0.3) is 0 Å². The van der Waals surface area contributed by atoms with Crippen LogP contribution in [0, 0.1) is 0 Å². The van der Waals surface area contributed by atoms with Crippen LogP contribution in [-0.4, -0.2) is 25.3 Å². The Morgan fingerprint density at radius 2 is 1.57 bits per heavy atom. The summed E-state index contributed by atoms with van der Waals surface area (Å²) in [6.45, 7) is 0. The fourth-order valence-electron chi connectivity index (χ4n) is 3.34. The monoisotopic (exact) mass is 418 g/mol. The topological polar surface area (TPSA) is 51.1 Å². The van der Waals surface area contributed by atoms with Crippen LogP contribution in [0.1, 0.15) is 17.2 Å². The second-order valence-electron chi connectivity index (χ2n) is 6.72. The third-order valence-electron chi connectivity index (χ3n) is 4.82. The molecule has 1 unspecified atom stereocenters. The molecule has 1 aliphatic rings. The van der Waals surface area contributed by atoms with Crippen LogP contribution in [0.4, 0.5) is 11.4 Å². The summed E-state index contributed by atoms with van der Waals surface area (Å²) in [7, 11) is 3.22. The molecule has 0 radical (unpaired) electrons. The van der Waals surface area contributed by atoms with Gasteiger partial charge in [0.2, 0.25) is 5.91 Å². The van der Waals surface area contributed by atoms with Gasteiger partial charge >= 0.3 is 0 Å². The molecule has 0 bridgehead atoms. The number of hydrogen-bond acceptors (Lipinski definition) is 5. The summed E-state index contributed by atoms with van der Waals surface area (Å²) in [5.41, 5.74) is 2.62. The van der Waals surface area contributed by atoms with Crippen molar-refractivity contribution in [1.82, 2.24) is 0 Å². The number of ether oxygens (including phenoxy) is 2. The van der Waals surface area contributed by atoms with E-state index < -0.39 is 0 Å². The molecule has 1 saturated heterocycles. The van der Waals surface area contributed by atoms with E-state index >= 15 is 0 Å². The Bertz CT molecular complexity index is 1050. The lowest BCUT2D eigenvalue weighted by Gasteiger charge is -2.32. The first-order chi connectivity index (χ1) is 14.7. The number of carbonyl (C=O) groups is 1. The molecule has 3 aromatic rings. The average Bonchev–Trinajstić information content (AvgIpc) is 2.79. The molecule has 0 saturated carbocycles. The highest BCUT2D eigenvalue weighted by Crippen LogP contribution is 2.43. The Labute approximate surface area is 180 Å². The molecule has 1 heterocycles. The quantitative estimate of drug-likeness (QED) is 0.541. The van der Waals surface area contributed by atoms with E-state index in [1.807, 2.05) is 78.9 Å². The largest absolute Gasteiger partial charge is 0.493 e. The smallest absolute Gasteiger partial charge is 0.234 e. The summed E-state index contributed by atoms with van der Waals surface area (Å²) < 4.78 is 10.8. The molecular weight excluding hydrogens is 396 g/mol. The van der Waals surface area contributed by atoms with Crippen LogP contribution in [0.3, 0.4) is 0 Å². The molecule has 152 valence electrons. The molecule has 30 heavy (non-hydrogen) atoms. The molecule has 3 aromatic carbocycles. The number of amidine groups is 1. The maximum absolute atomic E-state index is 13.2. The molecule has 1 atom stereocenters. The van der Waals surface area contributed by atoms with Gasteiger partial charge in [0, 0.05) is 11.7 Å². The molecule has 6 heteroatoms. The van der Waals surface area contributed by atoms with Crippen molar-refractivity contribution < 1.29 is 14.3 Å². The molecule has 1 amide bonds. The Kier molecular flexibility index (Phi) is 6.05. The number of carbonyl (C=O) groups excluding carboxylic acids is 1. The molecular formula is C24H22N2O3S. The second kappa shape index (κ2) is 9.05. The maximum Gasteiger partial charge on any atom is 0.234 e. The number of para-hydroxylation sites is 2. The highest BCUT2D eigenvalue weighted by Gasteiger charge is 2.34. The van der Waals surface area contributed by atoms with E-state index in [1.165, 1.54) is 0 Å². The third kappa shape index (κ3) is 4.19. The summed E-state index contributed by atoms with van der Waals surface area (Å²) in [5.74, 6) is 1.32. The van der Waals surface area contributed by atoms with E-state index in [0.717, 1.165) is 16.9 Å². The molecule has 4 rings (SSSR count). The van der Waals surface area contributed by atoms with Crippen molar-refractivity contribution in [2.45, 2.75) is 11.7 Å². The number of amides is 1. The number of hydrogen-bond donors (Lipinski definition) is 0. The van der Waals surface area contributed by atoms with Gasteiger partial charge in [-0.3, -0.25) is 9.69 Å². The minimum absolute atomic E-state index is 0.00872. The first-order valence-electron chi connectivity index (χ1n) is 9.60. The maximum atomic E-state index is 13.2. The Balaban J connectivity index is 1.73. The minimum atomic E-state index is -0.0697. The predicted octanol–water partition coefficient (Wildman–Crippen LogP) is 5.60. The predicted molar refractivity (Wildman–Crippen MR) is 122 cm³/mol. The zero-order valence-corrected chi connectivity index (χ0v) is 17.6. The van der Waals surface area contributed by atoms with Crippen LogP contribution < -0.4 is 14.4 Å². The number of methoxy groups -OCH3 is 2. The minimum Gasteiger partial charge on any atom is -0.493 e. The Morgan fingerprint density at radius 3 is 2.23 bits per heavy atom. The van der Waals surface area contributed by atoms with Crippen LogP contribution >= 0.6 is 11.8 Å².